The molecule has 3 aromatic rings. The first-order valence-electron chi connectivity index (χ1n) is 13.3. The summed E-state index contributed by atoms with van der Waals surface area (Å²) >= 11 is 0. The Bertz CT molecular complexity index is 1390. The zero-order valence-corrected chi connectivity index (χ0v) is 24.3. The summed E-state index contributed by atoms with van der Waals surface area (Å²) in [5, 5.41) is 2.91. The van der Waals surface area contributed by atoms with E-state index in [4.69, 9.17) is 0 Å². The molecule has 0 aliphatic rings. The highest BCUT2D eigenvalue weighted by molar-refractivity contribution is 7.92. The van der Waals surface area contributed by atoms with Crippen LogP contribution in [0.3, 0.4) is 0 Å². The van der Waals surface area contributed by atoms with Crippen LogP contribution in [0, 0.1) is 20.8 Å². The highest BCUT2D eigenvalue weighted by atomic mass is 32.2. The zero-order chi connectivity index (χ0) is 28.6. The van der Waals surface area contributed by atoms with Gasteiger partial charge < -0.3 is 10.2 Å². The van der Waals surface area contributed by atoms with Crippen molar-refractivity contribution in [1.29, 1.82) is 0 Å². The zero-order valence-electron chi connectivity index (χ0n) is 23.5. The number of rotatable bonds is 12. The number of benzene rings is 3. The van der Waals surface area contributed by atoms with Crippen molar-refractivity contribution in [3.63, 3.8) is 0 Å². The predicted octanol–water partition coefficient (Wildman–Crippen LogP) is 5.14. The molecule has 208 valence electrons. The van der Waals surface area contributed by atoms with Crippen molar-refractivity contribution in [3.8, 4) is 0 Å². The third-order valence-electron chi connectivity index (χ3n) is 6.66. The Labute approximate surface area is 232 Å². The van der Waals surface area contributed by atoms with Gasteiger partial charge in [-0.3, -0.25) is 13.9 Å². The smallest absolute Gasteiger partial charge is 0.264 e. The van der Waals surface area contributed by atoms with Gasteiger partial charge in [0.2, 0.25) is 11.8 Å². The molecule has 39 heavy (non-hydrogen) atoms. The highest BCUT2D eigenvalue weighted by Crippen LogP contribution is 2.28. The second-order valence-corrected chi connectivity index (χ2v) is 11.8. The van der Waals surface area contributed by atoms with Crippen LogP contribution in [0.1, 0.15) is 48.9 Å². The number of amides is 2. The van der Waals surface area contributed by atoms with E-state index in [-0.39, 0.29) is 17.3 Å². The van der Waals surface area contributed by atoms with E-state index in [1.54, 1.807) is 31.2 Å². The molecule has 8 heteroatoms. The summed E-state index contributed by atoms with van der Waals surface area (Å²) in [6.07, 6.45) is 1.77. The Hall–Kier alpha value is -3.65. The largest absolute Gasteiger partial charge is 0.354 e. The van der Waals surface area contributed by atoms with E-state index >= 15 is 0 Å². The molecule has 7 nitrogen and oxygen atoms in total. The Morgan fingerprint density at radius 3 is 2.23 bits per heavy atom. The number of aryl methyl sites for hydroxylation is 3. The van der Waals surface area contributed by atoms with Gasteiger partial charge >= 0.3 is 0 Å². The SMILES string of the molecule is CCCCNC(=O)[C@@H](C)N(Cc1cccc(C)c1)C(=O)CN(c1ccc(C)cc1C)S(=O)(=O)c1ccccc1. The van der Waals surface area contributed by atoms with Crippen molar-refractivity contribution in [2.45, 2.75) is 64.9 Å². The number of hydrogen-bond donors (Lipinski definition) is 1. The molecule has 3 rings (SSSR count). The van der Waals surface area contributed by atoms with Crippen molar-refractivity contribution in [3.05, 3.63) is 95.1 Å². The van der Waals surface area contributed by atoms with Crippen molar-refractivity contribution >= 4 is 27.5 Å². The van der Waals surface area contributed by atoms with Crippen LogP contribution in [0.2, 0.25) is 0 Å². The molecule has 0 radical (unpaired) electrons. The molecule has 0 spiro atoms. The number of hydrogen-bond acceptors (Lipinski definition) is 4. The number of sulfonamides is 1. The fourth-order valence-corrected chi connectivity index (χ4v) is 5.94. The normalized spacial score (nSPS) is 12.0. The Morgan fingerprint density at radius 1 is 0.897 bits per heavy atom. The lowest BCUT2D eigenvalue weighted by Crippen LogP contribution is -2.51. The van der Waals surface area contributed by atoms with Gasteiger partial charge in [0.1, 0.15) is 12.6 Å². The maximum atomic E-state index is 14.0. The van der Waals surface area contributed by atoms with Gasteiger partial charge in [-0.1, -0.05) is 79.1 Å². The summed E-state index contributed by atoms with van der Waals surface area (Å²) in [5.74, 6) is -0.734. The minimum Gasteiger partial charge on any atom is -0.354 e. The van der Waals surface area contributed by atoms with Crippen LogP contribution in [-0.4, -0.2) is 44.3 Å². The van der Waals surface area contributed by atoms with Crippen LogP contribution in [0.15, 0.2) is 77.7 Å². The van der Waals surface area contributed by atoms with Crippen LogP contribution in [-0.2, 0) is 26.2 Å². The van der Waals surface area contributed by atoms with E-state index < -0.39 is 28.5 Å². The van der Waals surface area contributed by atoms with E-state index in [2.05, 4.69) is 5.32 Å². The number of unbranched alkanes of at least 4 members (excludes halogenated alkanes) is 1. The van der Waals surface area contributed by atoms with E-state index in [1.165, 1.54) is 17.0 Å². The molecular formula is C31H39N3O4S. The van der Waals surface area contributed by atoms with Gasteiger partial charge in [-0.2, -0.15) is 0 Å². The molecule has 0 heterocycles. The molecule has 0 aliphatic carbocycles. The summed E-state index contributed by atoms with van der Waals surface area (Å²) in [5.41, 5.74) is 4.04. The molecule has 0 unspecified atom stereocenters. The van der Waals surface area contributed by atoms with Crippen molar-refractivity contribution < 1.29 is 18.0 Å². The topological polar surface area (TPSA) is 86.8 Å². The lowest BCUT2D eigenvalue weighted by atomic mass is 10.1. The minimum atomic E-state index is -4.08. The van der Waals surface area contributed by atoms with E-state index in [0.29, 0.717) is 12.2 Å². The summed E-state index contributed by atoms with van der Waals surface area (Å²) in [6, 6.07) is 20.5. The Balaban J connectivity index is 2.02. The van der Waals surface area contributed by atoms with E-state index in [0.717, 1.165) is 39.4 Å². The maximum Gasteiger partial charge on any atom is 0.264 e. The average Bonchev–Trinajstić information content (AvgIpc) is 2.91. The first-order chi connectivity index (χ1) is 18.5. The molecule has 0 aliphatic heterocycles. The standard InChI is InChI=1S/C31H39N3O4S/c1-6-7-18-32-31(36)26(5)33(21-27-13-11-12-23(2)20-27)30(35)22-34(29-17-16-24(3)19-25(29)4)39(37,38)28-14-9-8-10-15-28/h8-17,19-20,26H,6-7,18,21-22H2,1-5H3,(H,32,36)/t26-/m1/s1. The molecule has 2 amide bonds. The van der Waals surface area contributed by atoms with Crippen molar-refractivity contribution in [1.82, 2.24) is 10.2 Å². The van der Waals surface area contributed by atoms with Gasteiger partial charge in [-0.15, -0.1) is 0 Å². The molecule has 0 saturated carbocycles. The molecule has 0 fully saturated rings. The molecule has 3 aromatic carbocycles. The maximum absolute atomic E-state index is 14.0. The van der Waals surface area contributed by atoms with Crippen LogP contribution in [0.5, 0.6) is 0 Å². The van der Waals surface area contributed by atoms with Crippen LogP contribution in [0.4, 0.5) is 5.69 Å². The van der Waals surface area contributed by atoms with Gasteiger partial charge in [-0.05, 0) is 63.4 Å². The lowest BCUT2D eigenvalue weighted by Gasteiger charge is -2.32. The first-order valence-corrected chi connectivity index (χ1v) is 14.8. The molecule has 1 N–H and O–H groups in total. The summed E-state index contributed by atoms with van der Waals surface area (Å²) < 4.78 is 28.9. The average molecular weight is 550 g/mol. The molecular weight excluding hydrogens is 510 g/mol. The van der Waals surface area contributed by atoms with Crippen LogP contribution >= 0.6 is 0 Å². The molecule has 0 aromatic heterocycles. The summed E-state index contributed by atoms with van der Waals surface area (Å²) in [4.78, 5) is 28.6. The summed E-state index contributed by atoms with van der Waals surface area (Å²) in [6.45, 7) is 9.69. The number of carbonyl (C=O) groups is 2. The quantitative estimate of drug-likeness (QED) is 0.317. The monoisotopic (exact) mass is 549 g/mol. The van der Waals surface area contributed by atoms with Crippen molar-refractivity contribution in [2.75, 3.05) is 17.4 Å². The fourth-order valence-electron chi connectivity index (χ4n) is 4.44. The van der Waals surface area contributed by atoms with E-state index in [1.807, 2.05) is 64.1 Å². The van der Waals surface area contributed by atoms with Crippen LogP contribution in [0.25, 0.3) is 0 Å². The molecule has 0 bridgehead atoms. The third-order valence-corrected chi connectivity index (χ3v) is 8.44. The Morgan fingerprint density at radius 2 is 1.59 bits per heavy atom. The molecule has 0 saturated heterocycles. The second kappa shape index (κ2) is 13.4. The number of anilines is 1. The number of carbonyl (C=O) groups excluding carboxylic acids is 2. The predicted molar refractivity (Wildman–Crippen MR) is 156 cm³/mol. The van der Waals surface area contributed by atoms with Crippen LogP contribution < -0.4 is 9.62 Å². The van der Waals surface area contributed by atoms with E-state index in [9.17, 15) is 18.0 Å². The van der Waals surface area contributed by atoms with Gasteiger partial charge in [-0.25, -0.2) is 8.42 Å². The summed E-state index contributed by atoms with van der Waals surface area (Å²) in [7, 11) is -4.08. The van der Waals surface area contributed by atoms with Gasteiger partial charge in [0.15, 0.2) is 0 Å². The second-order valence-electron chi connectivity index (χ2n) is 9.95. The fraction of sp³-hybridized carbons (Fsp3) is 0.355. The number of nitrogens with zero attached hydrogens (tertiary/aromatic N) is 2. The van der Waals surface area contributed by atoms with Crippen molar-refractivity contribution in [2.24, 2.45) is 0 Å². The first kappa shape index (κ1) is 29.9. The van der Waals surface area contributed by atoms with Gasteiger partial charge in [0.25, 0.3) is 10.0 Å². The highest BCUT2D eigenvalue weighted by Gasteiger charge is 2.33. The third kappa shape index (κ3) is 7.69. The van der Waals surface area contributed by atoms with Gasteiger partial charge in [0.05, 0.1) is 10.6 Å². The van der Waals surface area contributed by atoms with Gasteiger partial charge in [0, 0.05) is 13.1 Å². The molecule has 1 atom stereocenters. The number of nitrogens with one attached hydrogen (secondary N) is 1. The lowest BCUT2D eigenvalue weighted by molar-refractivity contribution is -0.139. The minimum absolute atomic E-state index is 0.0911. The Kier molecular flexibility index (Phi) is 10.3.